The molecule has 1 aromatic carbocycles. The van der Waals surface area contributed by atoms with Crippen molar-refractivity contribution in [3.05, 3.63) is 65.5 Å². The van der Waals surface area contributed by atoms with Crippen LogP contribution in [0.3, 0.4) is 0 Å². The van der Waals surface area contributed by atoms with Gasteiger partial charge in [0.15, 0.2) is 5.78 Å². The van der Waals surface area contributed by atoms with Gasteiger partial charge in [0.25, 0.3) is 5.24 Å². The Balaban J connectivity index is 1.80. The molecule has 1 atom stereocenters. The number of carbonyl (C=O) groups excluding carboxylic acids is 3. The third-order valence-corrected chi connectivity index (χ3v) is 4.30. The van der Waals surface area contributed by atoms with E-state index in [4.69, 9.17) is 0 Å². The summed E-state index contributed by atoms with van der Waals surface area (Å²) >= 11 is 0.986. The van der Waals surface area contributed by atoms with Crippen molar-refractivity contribution in [2.45, 2.75) is 11.7 Å². The van der Waals surface area contributed by atoms with Gasteiger partial charge in [0.1, 0.15) is 0 Å². The van der Waals surface area contributed by atoms with Crippen molar-refractivity contribution in [3.8, 4) is 0 Å². The fourth-order valence-corrected chi connectivity index (χ4v) is 3.11. The second-order valence-electron chi connectivity index (χ2n) is 4.85. The van der Waals surface area contributed by atoms with E-state index in [0.29, 0.717) is 17.5 Å². The number of amides is 2. The fourth-order valence-electron chi connectivity index (χ4n) is 2.25. The normalized spacial score (nSPS) is 17.4. The van der Waals surface area contributed by atoms with Gasteiger partial charge in [-0.05, 0) is 30.2 Å². The van der Waals surface area contributed by atoms with Crippen molar-refractivity contribution in [1.82, 2.24) is 10.3 Å². The Morgan fingerprint density at radius 3 is 2.59 bits per heavy atom. The molecule has 1 saturated heterocycles. The highest BCUT2D eigenvalue weighted by Crippen LogP contribution is 2.23. The summed E-state index contributed by atoms with van der Waals surface area (Å²) in [6, 6.07) is 10.4. The third-order valence-electron chi connectivity index (χ3n) is 3.32. The van der Waals surface area contributed by atoms with Crippen LogP contribution in [0.2, 0.25) is 0 Å². The highest BCUT2D eigenvalue weighted by atomic mass is 32.2. The number of hydrogen-bond acceptors (Lipinski definition) is 5. The van der Waals surface area contributed by atoms with Gasteiger partial charge < -0.3 is 0 Å². The van der Waals surface area contributed by atoms with E-state index in [9.17, 15) is 14.4 Å². The van der Waals surface area contributed by atoms with Crippen LogP contribution < -0.4 is 5.32 Å². The summed E-state index contributed by atoms with van der Waals surface area (Å²) in [5.41, 5.74) is 1.97. The lowest BCUT2D eigenvalue weighted by atomic mass is 10.00. The Morgan fingerprint density at radius 2 is 1.91 bits per heavy atom. The number of thioether (sulfide) groups is 1. The van der Waals surface area contributed by atoms with E-state index < -0.39 is 5.25 Å². The zero-order valence-electron chi connectivity index (χ0n) is 11.5. The minimum absolute atomic E-state index is 0.0937. The van der Waals surface area contributed by atoms with E-state index in [1.165, 1.54) is 0 Å². The van der Waals surface area contributed by atoms with Crippen LogP contribution in [0.5, 0.6) is 0 Å². The number of imide groups is 1. The van der Waals surface area contributed by atoms with Gasteiger partial charge in [-0.15, -0.1) is 0 Å². The van der Waals surface area contributed by atoms with Crippen LogP contribution in [0, 0.1) is 0 Å². The van der Waals surface area contributed by atoms with Gasteiger partial charge in [0.05, 0.1) is 5.25 Å². The lowest BCUT2D eigenvalue weighted by Crippen LogP contribution is -2.25. The van der Waals surface area contributed by atoms with E-state index >= 15 is 0 Å². The molecule has 1 unspecified atom stereocenters. The Labute approximate surface area is 131 Å². The number of aromatic nitrogens is 1. The summed E-state index contributed by atoms with van der Waals surface area (Å²) in [6.07, 6.45) is 3.56. The maximum atomic E-state index is 12.4. The first-order valence-corrected chi connectivity index (χ1v) is 7.56. The SMILES string of the molecule is O=C1NC(=O)C(Cc2cccc(C(=O)c3ccncc3)c2)S1. The molecular weight excluding hydrogens is 300 g/mol. The molecule has 0 aliphatic carbocycles. The van der Waals surface area contributed by atoms with E-state index in [1.807, 2.05) is 6.07 Å². The van der Waals surface area contributed by atoms with Gasteiger partial charge in [-0.3, -0.25) is 24.7 Å². The average molecular weight is 312 g/mol. The molecule has 2 amide bonds. The monoisotopic (exact) mass is 312 g/mol. The summed E-state index contributed by atoms with van der Waals surface area (Å²) in [4.78, 5) is 39.1. The number of pyridine rings is 1. The zero-order chi connectivity index (χ0) is 15.5. The number of hydrogen-bond donors (Lipinski definition) is 1. The average Bonchev–Trinajstić information content (AvgIpc) is 2.85. The minimum atomic E-state index is -0.432. The van der Waals surface area contributed by atoms with E-state index in [0.717, 1.165) is 17.3 Å². The molecule has 110 valence electrons. The Hall–Kier alpha value is -2.47. The van der Waals surface area contributed by atoms with Gasteiger partial charge in [-0.2, -0.15) is 0 Å². The summed E-state index contributed by atoms with van der Waals surface area (Å²) in [5.74, 6) is -0.371. The molecule has 0 bridgehead atoms. The number of ketones is 1. The molecule has 2 heterocycles. The summed E-state index contributed by atoms with van der Waals surface area (Å²) in [6.45, 7) is 0. The van der Waals surface area contributed by atoms with Gasteiger partial charge in [0.2, 0.25) is 5.91 Å². The van der Waals surface area contributed by atoms with E-state index in [1.54, 1.807) is 42.7 Å². The molecule has 1 aliphatic heterocycles. The number of carbonyl (C=O) groups is 3. The first-order valence-electron chi connectivity index (χ1n) is 6.68. The molecule has 3 rings (SSSR count). The molecule has 0 spiro atoms. The standard InChI is InChI=1S/C16H12N2O3S/c19-14(11-4-6-17-7-5-11)12-3-1-2-10(8-12)9-13-15(20)18-16(21)22-13/h1-8,13H,9H2,(H,18,20,21). The summed E-state index contributed by atoms with van der Waals surface area (Å²) in [7, 11) is 0. The third kappa shape index (κ3) is 3.07. The molecule has 1 N–H and O–H groups in total. The van der Waals surface area contributed by atoms with Crippen LogP contribution in [0.15, 0.2) is 48.8 Å². The maximum absolute atomic E-state index is 12.4. The predicted octanol–water partition coefficient (Wildman–Crippen LogP) is 2.21. The zero-order valence-corrected chi connectivity index (χ0v) is 12.3. The van der Waals surface area contributed by atoms with Crippen LogP contribution in [0.1, 0.15) is 21.5 Å². The van der Waals surface area contributed by atoms with Gasteiger partial charge in [-0.1, -0.05) is 30.0 Å². The molecule has 0 radical (unpaired) electrons. The number of benzene rings is 1. The van der Waals surface area contributed by atoms with Crippen LogP contribution in [0.25, 0.3) is 0 Å². The smallest absolute Gasteiger partial charge is 0.286 e. The van der Waals surface area contributed by atoms with E-state index in [-0.39, 0.29) is 16.9 Å². The molecular formula is C16H12N2O3S. The van der Waals surface area contributed by atoms with Crippen molar-refractivity contribution in [1.29, 1.82) is 0 Å². The van der Waals surface area contributed by atoms with Crippen LogP contribution >= 0.6 is 11.8 Å². The van der Waals surface area contributed by atoms with Crippen LogP contribution in [-0.2, 0) is 11.2 Å². The molecule has 5 nitrogen and oxygen atoms in total. The Bertz CT molecular complexity index is 746. The first-order chi connectivity index (χ1) is 10.6. The van der Waals surface area contributed by atoms with E-state index in [2.05, 4.69) is 10.3 Å². The highest BCUT2D eigenvalue weighted by Gasteiger charge is 2.31. The minimum Gasteiger partial charge on any atom is -0.289 e. The largest absolute Gasteiger partial charge is 0.289 e. The molecule has 1 aromatic heterocycles. The summed E-state index contributed by atoms with van der Waals surface area (Å²) in [5, 5.41) is 1.51. The number of nitrogens with one attached hydrogen (secondary N) is 1. The van der Waals surface area contributed by atoms with Gasteiger partial charge in [0, 0.05) is 23.5 Å². The molecule has 0 saturated carbocycles. The van der Waals surface area contributed by atoms with Gasteiger partial charge in [-0.25, -0.2) is 0 Å². The topological polar surface area (TPSA) is 76.1 Å². The highest BCUT2D eigenvalue weighted by molar-refractivity contribution is 8.15. The molecule has 22 heavy (non-hydrogen) atoms. The summed E-state index contributed by atoms with van der Waals surface area (Å²) < 4.78 is 0. The maximum Gasteiger partial charge on any atom is 0.286 e. The lowest BCUT2D eigenvalue weighted by Gasteiger charge is -2.07. The van der Waals surface area contributed by atoms with Crippen molar-refractivity contribution < 1.29 is 14.4 Å². The van der Waals surface area contributed by atoms with Crippen molar-refractivity contribution in [2.24, 2.45) is 0 Å². The quantitative estimate of drug-likeness (QED) is 0.876. The Morgan fingerprint density at radius 1 is 1.14 bits per heavy atom. The predicted molar refractivity (Wildman–Crippen MR) is 82.7 cm³/mol. The number of nitrogens with zero attached hydrogens (tertiary/aromatic N) is 1. The fraction of sp³-hybridized carbons (Fsp3) is 0.125. The molecule has 2 aromatic rings. The van der Waals surface area contributed by atoms with Crippen molar-refractivity contribution in [2.75, 3.05) is 0 Å². The lowest BCUT2D eigenvalue weighted by molar-refractivity contribution is -0.118. The van der Waals surface area contributed by atoms with Crippen molar-refractivity contribution in [3.63, 3.8) is 0 Å². The van der Waals surface area contributed by atoms with Crippen LogP contribution in [-0.4, -0.2) is 27.2 Å². The van der Waals surface area contributed by atoms with Gasteiger partial charge >= 0.3 is 0 Å². The molecule has 1 fully saturated rings. The number of rotatable bonds is 4. The first kappa shape index (κ1) is 14.5. The second-order valence-corrected chi connectivity index (χ2v) is 6.03. The molecule has 6 heteroatoms. The second kappa shape index (κ2) is 6.11. The van der Waals surface area contributed by atoms with Crippen LogP contribution in [0.4, 0.5) is 4.79 Å². The Kier molecular flexibility index (Phi) is 4.02. The van der Waals surface area contributed by atoms with Crippen molar-refractivity contribution >= 4 is 28.7 Å². The molecule has 1 aliphatic rings.